The second-order valence-electron chi connectivity index (χ2n) is 4.66. The smallest absolute Gasteiger partial charge is 0.323 e. The molecular formula is C17H14N2O2. The van der Waals surface area contributed by atoms with E-state index in [1.807, 2.05) is 42.5 Å². The first-order valence-corrected chi connectivity index (χ1v) is 6.57. The molecule has 0 aliphatic heterocycles. The molecule has 3 rings (SSSR count). The Bertz CT molecular complexity index is 799. The summed E-state index contributed by atoms with van der Waals surface area (Å²) in [5.41, 5.74) is 1.07. The van der Waals surface area contributed by atoms with Crippen molar-refractivity contribution in [3.63, 3.8) is 0 Å². The zero-order valence-corrected chi connectivity index (χ0v) is 11.2. The van der Waals surface area contributed by atoms with Crippen LogP contribution in [-0.4, -0.2) is 11.1 Å². The maximum Gasteiger partial charge on any atom is 0.323 e. The number of phenolic OH excluding ortho intramolecular Hbond substituents is 1. The molecule has 0 spiro atoms. The van der Waals surface area contributed by atoms with Crippen molar-refractivity contribution in [2.24, 2.45) is 0 Å². The third-order valence-electron chi connectivity index (χ3n) is 3.16. The third-order valence-corrected chi connectivity index (χ3v) is 3.16. The van der Waals surface area contributed by atoms with Crippen molar-refractivity contribution in [2.45, 2.75) is 0 Å². The fourth-order valence-electron chi connectivity index (χ4n) is 2.13. The molecule has 0 saturated heterocycles. The van der Waals surface area contributed by atoms with E-state index in [0.29, 0.717) is 11.4 Å². The van der Waals surface area contributed by atoms with E-state index in [-0.39, 0.29) is 5.75 Å². The predicted molar refractivity (Wildman–Crippen MR) is 84.7 cm³/mol. The molecule has 0 aliphatic rings. The molecule has 0 fully saturated rings. The molecular weight excluding hydrogens is 264 g/mol. The summed E-state index contributed by atoms with van der Waals surface area (Å²) in [7, 11) is 0. The van der Waals surface area contributed by atoms with Gasteiger partial charge in [0.1, 0.15) is 5.75 Å². The third kappa shape index (κ3) is 2.95. The van der Waals surface area contributed by atoms with Gasteiger partial charge in [-0.05, 0) is 35.0 Å². The Kier molecular flexibility index (Phi) is 3.43. The Morgan fingerprint density at radius 3 is 2.33 bits per heavy atom. The summed E-state index contributed by atoms with van der Waals surface area (Å²) in [4.78, 5) is 11.9. The van der Waals surface area contributed by atoms with E-state index in [1.165, 1.54) is 6.07 Å². The number of nitrogens with one attached hydrogen (secondary N) is 2. The van der Waals surface area contributed by atoms with Crippen molar-refractivity contribution in [3.8, 4) is 5.75 Å². The highest BCUT2D eigenvalue weighted by atomic mass is 16.3. The Balaban J connectivity index is 1.75. The highest BCUT2D eigenvalue weighted by molar-refractivity contribution is 6.01. The topological polar surface area (TPSA) is 61.4 Å². The first-order valence-electron chi connectivity index (χ1n) is 6.57. The Labute approximate surface area is 122 Å². The second-order valence-corrected chi connectivity index (χ2v) is 4.66. The van der Waals surface area contributed by atoms with Crippen molar-refractivity contribution in [2.75, 3.05) is 10.6 Å². The summed E-state index contributed by atoms with van der Waals surface area (Å²) in [5.74, 6) is 0.0335. The number of rotatable bonds is 2. The van der Waals surface area contributed by atoms with E-state index in [2.05, 4.69) is 10.6 Å². The number of urea groups is 1. The first-order chi connectivity index (χ1) is 10.2. The number of carbonyl (C=O) groups is 1. The number of fused-ring (bicyclic) bond motifs is 1. The Hall–Kier alpha value is -3.01. The largest absolute Gasteiger partial charge is 0.506 e. The van der Waals surface area contributed by atoms with Crippen LogP contribution in [0.4, 0.5) is 16.2 Å². The molecule has 0 atom stereocenters. The van der Waals surface area contributed by atoms with Gasteiger partial charge in [0.25, 0.3) is 0 Å². The molecule has 0 bridgehead atoms. The van der Waals surface area contributed by atoms with Gasteiger partial charge in [0.05, 0.1) is 5.69 Å². The fraction of sp³-hybridized carbons (Fsp3) is 0. The van der Waals surface area contributed by atoms with Crippen LogP contribution in [0.25, 0.3) is 10.8 Å². The summed E-state index contributed by atoms with van der Waals surface area (Å²) < 4.78 is 0. The molecule has 2 amide bonds. The van der Waals surface area contributed by atoms with E-state index >= 15 is 0 Å². The second kappa shape index (κ2) is 5.54. The van der Waals surface area contributed by atoms with Gasteiger partial charge in [-0.25, -0.2) is 4.79 Å². The lowest BCUT2D eigenvalue weighted by Gasteiger charge is -2.09. The predicted octanol–water partition coefficient (Wildman–Crippen LogP) is 4.19. The number of amides is 2. The van der Waals surface area contributed by atoms with Crippen LogP contribution in [0.15, 0.2) is 66.7 Å². The molecule has 3 aromatic rings. The summed E-state index contributed by atoms with van der Waals surface area (Å²) in [6.07, 6.45) is 0. The van der Waals surface area contributed by atoms with E-state index < -0.39 is 6.03 Å². The number of carbonyl (C=O) groups excluding carboxylic acids is 1. The zero-order valence-electron chi connectivity index (χ0n) is 11.2. The Morgan fingerprint density at radius 2 is 1.52 bits per heavy atom. The normalized spacial score (nSPS) is 10.3. The fourth-order valence-corrected chi connectivity index (χ4v) is 2.13. The minimum Gasteiger partial charge on any atom is -0.506 e. The molecule has 0 aliphatic carbocycles. The maximum absolute atomic E-state index is 11.9. The van der Waals surface area contributed by atoms with Crippen molar-refractivity contribution < 1.29 is 9.90 Å². The van der Waals surface area contributed by atoms with Gasteiger partial charge in [-0.15, -0.1) is 0 Å². The molecule has 4 heteroatoms. The van der Waals surface area contributed by atoms with Crippen LogP contribution in [-0.2, 0) is 0 Å². The van der Waals surface area contributed by atoms with Crippen LogP contribution in [0.1, 0.15) is 0 Å². The molecule has 3 aromatic carbocycles. The van der Waals surface area contributed by atoms with Crippen LogP contribution in [0.5, 0.6) is 5.75 Å². The van der Waals surface area contributed by atoms with Gasteiger partial charge in [0.2, 0.25) is 0 Å². The van der Waals surface area contributed by atoms with Gasteiger partial charge >= 0.3 is 6.03 Å². The van der Waals surface area contributed by atoms with Crippen LogP contribution < -0.4 is 10.6 Å². The summed E-state index contributed by atoms with van der Waals surface area (Å²) in [6.45, 7) is 0. The van der Waals surface area contributed by atoms with Crippen molar-refractivity contribution in [3.05, 3.63) is 66.7 Å². The van der Waals surface area contributed by atoms with Crippen LogP contribution in [0.2, 0.25) is 0 Å². The van der Waals surface area contributed by atoms with E-state index in [0.717, 1.165) is 10.8 Å². The minimum absolute atomic E-state index is 0.0335. The van der Waals surface area contributed by atoms with Gasteiger partial charge in [0, 0.05) is 5.69 Å². The molecule has 3 N–H and O–H groups in total. The highest BCUT2D eigenvalue weighted by Crippen LogP contribution is 2.22. The lowest BCUT2D eigenvalue weighted by atomic mass is 10.1. The first kappa shape index (κ1) is 13.0. The van der Waals surface area contributed by atoms with E-state index in [4.69, 9.17) is 0 Å². The standard InChI is InChI=1S/C17H14N2O2/c20-16-8-4-3-7-15(16)19-17(21)18-14-10-9-12-5-1-2-6-13(12)11-14/h1-11,20H,(H2,18,19,21). The van der Waals surface area contributed by atoms with Gasteiger partial charge in [0.15, 0.2) is 0 Å². The summed E-state index contributed by atoms with van der Waals surface area (Å²) in [6, 6.07) is 19.8. The van der Waals surface area contributed by atoms with E-state index in [9.17, 15) is 9.90 Å². The summed E-state index contributed by atoms with van der Waals surface area (Å²) in [5, 5.41) is 17.1. The summed E-state index contributed by atoms with van der Waals surface area (Å²) >= 11 is 0. The van der Waals surface area contributed by atoms with Gasteiger partial charge in [-0.3, -0.25) is 0 Å². The van der Waals surface area contributed by atoms with Gasteiger partial charge < -0.3 is 15.7 Å². The van der Waals surface area contributed by atoms with Crippen molar-refractivity contribution in [1.82, 2.24) is 0 Å². The van der Waals surface area contributed by atoms with Crippen molar-refractivity contribution >= 4 is 28.2 Å². The average molecular weight is 278 g/mol. The number of para-hydroxylation sites is 2. The van der Waals surface area contributed by atoms with Crippen LogP contribution in [0.3, 0.4) is 0 Å². The SMILES string of the molecule is O=C(Nc1ccc2ccccc2c1)Nc1ccccc1O. The molecule has 4 nitrogen and oxygen atoms in total. The molecule has 0 unspecified atom stereocenters. The molecule has 21 heavy (non-hydrogen) atoms. The molecule has 0 radical (unpaired) electrons. The van der Waals surface area contributed by atoms with Crippen LogP contribution >= 0.6 is 0 Å². The zero-order chi connectivity index (χ0) is 14.7. The molecule has 104 valence electrons. The number of hydrogen-bond donors (Lipinski definition) is 3. The number of anilines is 2. The maximum atomic E-state index is 11.9. The average Bonchev–Trinajstić information content (AvgIpc) is 2.49. The lowest BCUT2D eigenvalue weighted by Crippen LogP contribution is -2.19. The van der Waals surface area contributed by atoms with E-state index in [1.54, 1.807) is 18.2 Å². The lowest BCUT2D eigenvalue weighted by molar-refractivity contribution is 0.262. The number of aromatic hydroxyl groups is 1. The highest BCUT2D eigenvalue weighted by Gasteiger charge is 2.06. The van der Waals surface area contributed by atoms with Crippen LogP contribution in [0, 0.1) is 0 Å². The molecule has 0 aromatic heterocycles. The molecule has 0 heterocycles. The monoisotopic (exact) mass is 278 g/mol. The van der Waals surface area contributed by atoms with Crippen molar-refractivity contribution in [1.29, 1.82) is 0 Å². The van der Waals surface area contributed by atoms with Gasteiger partial charge in [-0.2, -0.15) is 0 Å². The number of phenols is 1. The number of benzene rings is 3. The Morgan fingerprint density at radius 1 is 0.810 bits per heavy atom. The number of hydrogen-bond acceptors (Lipinski definition) is 2. The minimum atomic E-state index is -0.396. The molecule has 0 saturated carbocycles. The van der Waals surface area contributed by atoms with Gasteiger partial charge in [-0.1, -0.05) is 42.5 Å². The quantitative estimate of drug-likeness (QED) is 0.615.